The minimum Gasteiger partial charge on any atom is -0.454 e. The number of anilines is 1. The molecule has 1 fully saturated rings. The highest BCUT2D eigenvalue weighted by molar-refractivity contribution is 5.89. The number of alkyl halides is 3. The Hall–Kier alpha value is -4.72. The number of hydrogen-bond acceptors (Lipinski definition) is 8. The van der Waals surface area contributed by atoms with E-state index < -0.39 is 23.1 Å². The first-order chi connectivity index (χ1) is 18.8. The molecule has 2 aromatic heterocycles. The highest BCUT2D eigenvalue weighted by atomic mass is 19.4. The molecule has 0 N–H and O–H groups in total. The van der Waals surface area contributed by atoms with Gasteiger partial charge in [-0.15, -0.1) is 16.6 Å². The van der Waals surface area contributed by atoms with Crippen LogP contribution in [0.15, 0.2) is 71.3 Å². The van der Waals surface area contributed by atoms with Gasteiger partial charge in [-0.05, 0) is 54.8 Å². The second-order valence-electron chi connectivity index (χ2n) is 9.02. The molecule has 0 spiro atoms. The van der Waals surface area contributed by atoms with E-state index in [-0.39, 0.29) is 18.3 Å². The van der Waals surface area contributed by atoms with Crippen LogP contribution in [0.3, 0.4) is 0 Å². The number of carbonyl (C=O) groups excluding carboxylic acids is 1. The minimum atomic E-state index is -4.39. The summed E-state index contributed by atoms with van der Waals surface area (Å²) in [7, 11) is 0. The average Bonchev–Trinajstić information content (AvgIpc) is 3.45. The molecule has 198 valence electrons. The molecule has 1 saturated heterocycles. The molecule has 1 aliphatic heterocycles. The Kier molecular flexibility index (Phi) is 7.02. The van der Waals surface area contributed by atoms with Crippen LogP contribution in [0.2, 0.25) is 0 Å². The molecule has 39 heavy (non-hydrogen) atoms. The first-order valence-corrected chi connectivity index (χ1v) is 12.1. The fourth-order valence-corrected chi connectivity index (χ4v) is 4.42. The van der Waals surface area contributed by atoms with Crippen LogP contribution in [0.25, 0.3) is 11.6 Å². The molecule has 0 atom stereocenters. The van der Waals surface area contributed by atoms with Gasteiger partial charge in [0, 0.05) is 13.1 Å². The quantitative estimate of drug-likeness (QED) is 0.250. The third-order valence-corrected chi connectivity index (χ3v) is 6.66. The molecule has 0 unspecified atom stereocenters. The Labute approximate surface area is 221 Å². The van der Waals surface area contributed by atoms with Crippen LogP contribution < -0.4 is 4.90 Å². The van der Waals surface area contributed by atoms with E-state index in [4.69, 9.17) is 15.7 Å². The van der Waals surface area contributed by atoms with Crippen molar-refractivity contribution in [1.29, 1.82) is 0 Å². The Morgan fingerprint density at radius 3 is 2.36 bits per heavy atom. The lowest BCUT2D eigenvalue weighted by atomic mass is 9.73. The van der Waals surface area contributed by atoms with Gasteiger partial charge >= 0.3 is 12.1 Å². The van der Waals surface area contributed by atoms with Crippen LogP contribution >= 0.6 is 0 Å². The van der Waals surface area contributed by atoms with Crippen LogP contribution in [0, 0.1) is 12.3 Å². The highest BCUT2D eigenvalue weighted by Gasteiger charge is 2.36. The van der Waals surface area contributed by atoms with E-state index in [1.807, 2.05) is 4.90 Å². The number of aromatic nitrogens is 4. The Morgan fingerprint density at radius 1 is 1.03 bits per heavy atom. The van der Waals surface area contributed by atoms with Crippen LogP contribution in [0.5, 0.6) is 0 Å². The van der Waals surface area contributed by atoms with Crippen molar-refractivity contribution in [2.24, 2.45) is 0 Å². The van der Waals surface area contributed by atoms with Crippen molar-refractivity contribution >= 4 is 11.8 Å². The van der Waals surface area contributed by atoms with Gasteiger partial charge in [0.15, 0.2) is 18.1 Å². The summed E-state index contributed by atoms with van der Waals surface area (Å²) < 4.78 is 49.3. The first kappa shape index (κ1) is 25.9. The largest absolute Gasteiger partial charge is 0.454 e. The molecule has 5 rings (SSSR count). The average molecular weight is 534 g/mol. The van der Waals surface area contributed by atoms with E-state index in [9.17, 15) is 18.0 Å². The second-order valence-corrected chi connectivity index (χ2v) is 9.02. The number of ether oxygens (including phenoxy) is 1. The number of carbonyl (C=O) groups is 1. The summed E-state index contributed by atoms with van der Waals surface area (Å²) in [5.41, 5.74) is 0.109. The van der Waals surface area contributed by atoms with Gasteiger partial charge in [-0.25, -0.2) is 4.79 Å². The van der Waals surface area contributed by atoms with Gasteiger partial charge < -0.3 is 14.2 Å². The molecule has 8 nitrogen and oxygen atoms in total. The van der Waals surface area contributed by atoms with Crippen LogP contribution in [0.1, 0.15) is 40.2 Å². The summed E-state index contributed by atoms with van der Waals surface area (Å²) in [6, 6.07) is 17.1. The molecular weight excluding hydrogens is 511 g/mol. The second kappa shape index (κ2) is 10.6. The lowest BCUT2D eigenvalue weighted by molar-refractivity contribution is -0.137. The zero-order chi connectivity index (χ0) is 27.5. The number of terminal acetylenes is 1. The Bertz CT molecular complexity index is 1470. The maximum atomic E-state index is 12.9. The van der Waals surface area contributed by atoms with Gasteiger partial charge in [-0.3, -0.25) is 0 Å². The smallest absolute Gasteiger partial charge is 0.416 e. The topological polar surface area (TPSA) is 94.2 Å². The van der Waals surface area contributed by atoms with Crippen LogP contribution in [-0.2, 0) is 22.9 Å². The monoisotopic (exact) mass is 533 g/mol. The number of esters is 1. The van der Waals surface area contributed by atoms with E-state index >= 15 is 0 Å². The lowest BCUT2D eigenvalue weighted by Crippen LogP contribution is -2.42. The molecule has 0 aliphatic carbocycles. The summed E-state index contributed by atoms with van der Waals surface area (Å²) >= 11 is 0. The van der Waals surface area contributed by atoms with Gasteiger partial charge in [0.25, 0.3) is 5.89 Å². The van der Waals surface area contributed by atoms with Crippen molar-refractivity contribution in [3.05, 3.63) is 89.2 Å². The molecule has 4 aromatic rings. The molecular formula is C28H22F3N5O3. The standard InChI is InChI=1S/C28H22F3N5O3/c1-2-27(20-8-10-21(11-9-20)28(29,30)31)14-16-36(17-15-27)24-13-12-22(33-34-24)25-32-23(35-39-25)18-38-26(37)19-6-4-3-5-7-19/h1,3-13H,14-18H2. The lowest BCUT2D eigenvalue weighted by Gasteiger charge is -2.39. The summed E-state index contributed by atoms with van der Waals surface area (Å²) in [5, 5.41) is 12.3. The summed E-state index contributed by atoms with van der Waals surface area (Å²) in [5.74, 6) is 3.26. The van der Waals surface area contributed by atoms with E-state index in [2.05, 4.69) is 26.3 Å². The predicted octanol–water partition coefficient (Wildman–Crippen LogP) is 5.07. The maximum Gasteiger partial charge on any atom is 0.416 e. The molecule has 0 radical (unpaired) electrons. The number of benzene rings is 2. The van der Waals surface area contributed by atoms with Crippen molar-refractivity contribution in [2.75, 3.05) is 18.0 Å². The van der Waals surface area contributed by atoms with E-state index in [0.29, 0.717) is 48.6 Å². The third-order valence-electron chi connectivity index (χ3n) is 6.66. The van der Waals surface area contributed by atoms with Gasteiger partial charge in [0.05, 0.1) is 16.5 Å². The first-order valence-electron chi connectivity index (χ1n) is 12.1. The fourth-order valence-electron chi connectivity index (χ4n) is 4.42. The summed E-state index contributed by atoms with van der Waals surface area (Å²) in [6.45, 7) is 0.944. The number of rotatable bonds is 6. The number of nitrogens with zero attached hydrogens (tertiary/aromatic N) is 5. The SMILES string of the molecule is C#CC1(c2ccc(C(F)(F)F)cc2)CCN(c2ccc(-c3nc(COC(=O)c4ccccc4)no3)nn2)CC1. The van der Waals surface area contributed by atoms with Gasteiger partial charge in [0.1, 0.15) is 0 Å². The van der Waals surface area contributed by atoms with Gasteiger partial charge in [-0.1, -0.05) is 41.4 Å². The van der Waals surface area contributed by atoms with Crippen molar-refractivity contribution in [1.82, 2.24) is 20.3 Å². The molecule has 0 bridgehead atoms. The molecule has 1 aliphatic rings. The Balaban J connectivity index is 1.19. The molecule has 2 aromatic carbocycles. The number of piperidine rings is 1. The highest BCUT2D eigenvalue weighted by Crippen LogP contribution is 2.38. The normalized spacial score (nSPS) is 15.0. The zero-order valence-electron chi connectivity index (χ0n) is 20.6. The third kappa shape index (κ3) is 5.60. The summed E-state index contributed by atoms with van der Waals surface area (Å²) in [6.07, 6.45) is 2.56. The molecule has 11 heteroatoms. The van der Waals surface area contributed by atoms with Crippen molar-refractivity contribution in [3.8, 4) is 23.9 Å². The van der Waals surface area contributed by atoms with Crippen molar-refractivity contribution < 1.29 is 27.2 Å². The molecule has 0 saturated carbocycles. The van der Waals surface area contributed by atoms with E-state index in [1.54, 1.807) is 42.5 Å². The minimum absolute atomic E-state index is 0.132. The molecule has 3 heterocycles. The van der Waals surface area contributed by atoms with Gasteiger partial charge in [-0.2, -0.15) is 18.2 Å². The van der Waals surface area contributed by atoms with Crippen LogP contribution in [0.4, 0.5) is 19.0 Å². The van der Waals surface area contributed by atoms with Gasteiger partial charge in [0.2, 0.25) is 5.82 Å². The van der Waals surface area contributed by atoms with Crippen molar-refractivity contribution in [2.45, 2.75) is 31.0 Å². The predicted molar refractivity (Wildman–Crippen MR) is 134 cm³/mol. The van der Waals surface area contributed by atoms with E-state index in [1.165, 1.54) is 12.1 Å². The fraction of sp³-hybridized carbons (Fsp3) is 0.250. The maximum absolute atomic E-state index is 12.9. The molecule has 0 amide bonds. The Morgan fingerprint density at radius 2 is 1.74 bits per heavy atom. The van der Waals surface area contributed by atoms with E-state index in [0.717, 1.165) is 12.1 Å². The number of hydrogen-bond donors (Lipinski definition) is 0. The van der Waals surface area contributed by atoms with Crippen LogP contribution in [-0.4, -0.2) is 39.4 Å². The number of halogens is 3. The summed E-state index contributed by atoms with van der Waals surface area (Å²) in [4.78, 5) is 18.3. The zero-order valence-corrected chi connectivity index (χ0v) is 20.6. The van der Waals surface area contributed by atoms with Crippen molar-refractivity contribution in [3.63, 3.8) is 0 Å².